The number of piperazine rings is 1. The van der Waals surface area contributed by atoms with Crippen molar-refractivity contribution in [2.45, 2.75) is 19.9 Å². The molecule has 0 spiro atoms. The second-order valence-corrected chi connectivity index (χ2v) is 7.91. The average molecular weight is 450 g/mol. The van der Waals surface area contributed by atoms with Crippen LogP contribution in [0.3, 0.4) is 0 Å². The minimum Gasteiger partial charge on any atom is -0.497 e. The fourth-order valence-electron chi connectivity index (χ4n) is 3.69. The van der Waals surface area contributed by atoms with Crippen molar-refractivity contribution in [2.75, 3.05) is 44.7 Å². The van der Waals surface area contributed by atoms with E-state index in [0.717, 1.165) is 68.5 Å². The SMILES string of the molecule is COc1ccc(CCNC(=NCc2nnc(C)n2C)N2CCN(c3ncccn3)CC2)cc1. The van der Waals surface area contributed by atoms with Gasteiger partial charge in [0.1, 0.15) is 18.1 Å². The van der Waals surface area contributed by atoms with E-state index >= 15 is 0 Å². The van der Waals surface area contributed by atoms with E-state index in [1.54, 1.807) is 19.5 Å². The van der Waals surface area contributed by atoms with Gasteiger partial charge in [-0.15, -0.1) is 10.2 Å². The maximum absolute atomic E-state index is 5.25. The molecular formula is C23H31N9O. The van der Waals surface area contributed by atoms with Gasteiger partial charge in [0.15, 0.2) is 11.8 Å². The van der Waals surface area contributed by atoms with E-state index in [0.29, 0.717) is 6.54 Å². The molecule has 0 bridgehead atoms. The Morgan fingerprint density at radius 3 is 2.42 bits per heavy atom. The van der Waals surface area contributed by atoms with Crippen LogP contribution in [0.4, 0.5) is 5.95 Å². The predicted molar refractivity (Wildman–Crippen MR) is 127 cm³/mol. The van der Waals surface area contributed by atoms with Crippen LogP contribution in [0.2, 0.25) is 0 Å². The van der Waals surface area contributed by atoms with Crippen LogP contribution < -0.4 is 15.0 Å². The molecule has 0 amide bonds. The van der Waals surface area contributed by atoms with Crippen molar-refractivity contribution in [3.8, 4) is 5.75 Å². The molecule has 1 aliphatic rings. The lowest BCUT2D eigenvalue weighted by atomic mass is 10.1. The number of guanidine groups is 1. The molecule has 10 heteroatoms. The number of hydrogen-bond acceptors (Lipinski definition) is 7. The molecule has 4 rings (SSSR count). The summed E-state index contributed by atoms with van der Waals surface area (Å²) in [4.78, 5) is 18.1. The molecule has 3 aromatic rings. The summed E-state index contributed by atoms with van der Waals surface area (Å²) in [7, 11) is 3.65. The van der Waals surface area contributed by atoms with Crippen LogP contribution in [0.1, 0.15) is 17.2 Å². The number of methoxy groups -OCH3 is 1. The molecule has 1 N–H and O–H groups in total. The monoisotopic (exact) mass is 449 g/mol. The summed E-state index contributed by atoms with van der Waals surface area (Å²) in [6.45, 7) is 6.56. The van der Waals surface area contributed by atoms with E-state index in [4.69, 9.17) is 9.73 Å². The maximum Gasteiger partial charge on any atom is 0.225 e. The second-order valence-electron chi connectivity index (χ2n) is 7.91. The molecule has 0 unspecified atom stereocenters. The van der Waals surface area contributed by atoms with Gasteiger partial charge >= 0.3 is 0 Å². The molecule has 0 atom stereocenters. The van der Waals surface area contributed by atoms with Crippen LogP contribution in [0.25, 0.3) is 0 Å². The van der Waals surface area contributed by atoms with Crippen LogP contribution in [-0.2, 0) is 20.0 Å². The third-order valence-corrected chi connectivity index (χ3v) is 5.82. The fourth-order valence-corrected chi connectivity index (χ4v) is 3.69. The Morgan fingerprint density at radius 2 is 1.79 bits per heavy atom. The number of benzene rings is 1. The van der Waals surface area contributed by atoms with Crippen LogP contribution in [-0.4, -0.2) is 75.4 Å². The van der Waals surface area contributed by atoms with Crippen LogP contribution in [0.15, 0.2) is 47.7 Å². The molecule has 1 aliphatic heterocycles. The van der Waals surface area contributed by atoms with E-state index in [1.807, 2.05) is 36.7 Å². The predicted octanol–water partition coefficient (Wildman–Crippen LogP) is 1.43. The zero-order valence-electron chi connectivity index (χ0n) is 19.5. The molecule has 33 heavy (non-hydrogen) atoms. The van der Waals surface area contributed by atoms with E-state index < -0.39 is 0 Å². The number of hydrogen-bond donors (Lipinski definition) is 1. The highest BCUT2D eigenvalue weighted by molar-refractivity contribution is 5.80. The molecular weight excluding hydrogens is 418 g/mol. The van der Waals surface area contributed by atoms with Gasteiger partial charge in [0.2, 0.25) is 5.95 Å². The Kier molecular flexibility index (Phi) is 7.33. The van der Waals surface area contributed by atoms with Gasteiger partial charge in [0.05, 0.1) is 7.11 Å². The van der Waals surface area contributed by atoms with Crippen molar-refractivity contribution in [3.05, 3.63) is 59.9 Å². The van der Waals surface area contributed by atoms with Gasteiger partial charge < -0.3 is 24.4 Å². The molecule has 3 heterocycles. The summed E-state index contributed by atoms with van der Waals surface area (Å²) in [5.41, 5.74) is 1.25. The van der Waals surface area contributed by atoms with Gasteiger partial charge in [0.25, 0.3) is 0 Å². The Hall–Kier alpha value is -3.69. The minimum absolute atomic E-state index is 0.476. The van der Waals surface area contributed by atoms with Crippen molar-refractivity contribution >= 4 is 11.9 Å². The van der Waals surface area contributed by atoms with Gasteiger partial charge in [-0.1, -0.05) is 12.1 Å². The second kappa shape index (κ2) is 10.8. The van der Waals surface area contributed by atoms with Gasteiger partial charge in [0, 0.05) is 52.2 Å². The first-order valence-electron chi connectivity index (χ1n) is 11.2. The molecule has 10 nitrogen and oxygen atoms in total. The highest BCUT2D eigenvalue weighted by atomic mass is 16.5. The Labute approximate surface area is 194 Å². The van der Waals surface area contributed by atoms with Crippen LogP contribution >= 0.6 is 0 Å². The molecule has 2 aromatic heterocycles. The third-order valence-electron chi connectivity index (χ3n) is 5.82. The van der Waals surface area contributed by atoms with Crippen LogP contribution in [0, 0.1) is 6.92 Å². The van der Waals surface area contributed by atoms with Crippen molar-refractivity contribution in [2.24, 2.45) is 12.0 Å². The first-order chi connectivity index (χ1) is 16.1. The number of aryl methyl sites for hydroxylation is 1. The van der Waals surface area contributed by atoms with Crippen molar-refractivity contribution in [1.82, 2.24) is 34.9 Å². The molecule has 1 saturated heterocycles. The summed E-state index contributed by atoms with van der Waals surface area (Å²) >= 11 is 0. The number of aliphatic imine (C=N–C) groups is 1. The molecule has 1 aromatic carbocycles. The lowest BCUT2D eigenvalue weighted by Crippen LogP contribution is -2.53. The van der Waals surface area contributed by atoms with Gasteiger partial charge in [-0.2, -0.15) is 0 Å². The summed E-state index contributed by atoms with van der Waals surface area (Å²) in [6, 6.07) is 10.0. The zero-order chi connectivity index (χ0) is 23.0. The summed E-state index contributed by atoms with van der Waals surface area (Å²) in [6.07, 6.45) is 4.46. The summed E-state index contributed by atoms with van der Waals surface area (Å²) < 4.78 is 7.23. The number of ether oxygens (including phenoxy) is 1. The molecule has 0 radical (unpaired) electrons. The van der Waals surface area contributed by atoms with E-state index in [-0.39, 0.29) is 0 Å². The number of rotatable bonds is 7. The standard InChI is InChI=1S/C23H31N9O/c1-18-28-29-21(30(18)2)17-27-23(26-12-9-19-5-7-20(33-3)8-6-19)32-15-13-31(14-16-32)22-24-10-4-11-25-22/h4-8,10-11H,9,12-17H2,1-3H3,(H,26,27). The first kappa shape index (κ1) is 22.5. The van der Waals surface area contributed by atoms with Crippen molar-refractivity contribution in [1.29, 1.82) is 0 Å². The Bertz CT molecular complexity index is 1040. The normalized spacial score (nSPS) is 14.5. The number of nitrogens with zero attached hydrogens (tertiary/aromatic N) is 8. The quantitative estimate of drug-likeness (QED) is 0.428. The first-order valence-corrected chi connectivity index (χ1v) is 11.2. The number of aromatic nitrogens is 5. The van der Waals surface area contributed by atoms with Gasteiger partial charge in [-0.25, -0.2) is 15.0 Å². The van der Waals surface area contributed by atoms with E-state index in [2.05, 4.69) is 47.4 Å². The van der Waals surface area contributed by atoms with Gasteiger partial charge in [-0.05, 0) is 37.1 Å². The minimum atomic E-state index is 0.476. The largest absolute Gasteiger partial charge is 0.497 e. The van der Waals surface area contributed by atoms with E-state index in [1.165, 1.54) is 5.56 Å². The van der Waals surface area contributed by atoms with Crippen molar-refractivity contribution < 1.29 is 4.74 Å². The molecule has 0 saturated carbocycles. The molecule has 174 valence electrons. The fraction of sp³-hybridized carbons (Fsp3) is 0.435. The Morgan fingerprint density at radius 1 is 1.06 bits per heavy atom. The number of nitrogens with one attached hydrogen (secondary N) is 1. The number of anilines is 1. The maximum atomic E-state index is 5.25. The zero-order valence-corrected chi connectivity index (χ0v) is 19.5. The summed E-state index contributed by atoms with van der Waals surface area (Å²) in [5.74, 6) is 4.26. The molecule has 1 fully saturated rings. The molecule has 0 aliphatic carbocycles. The third kappa shape index (κ3) is 5.76. The van der Waals surface area contributed by atoms with Crippen molar-refractivity contribution in [3.63, 3.8) is 0 Å². The lowest BCUT2D eigenvalue weighted by Gasteiger charge is -2.36. The smallest absolute Gasteiger partial charge is 0.225 e. The van der Waals surface area contributed by atoms with Gasteiger partial charge in [-0.3, -0.25) is 0 Å². The average Bonchev–Trinajstić information content (AvgIpc) is 3.19. The van der Waals surface area contributed by atoms with E-state index in [9.17, 15) is 0 Å². The highest BCUT2D eigenvalue weighted by Crippen LogP contribution is 2.12. The Balaban J connectivity index is 1.40. The topological polar surface area (TPSA) is 96.6 Å². The lowest BCUT2D eigenvalue weighted by molar-refractivity contribution is 0.369. The van der Waals surface area contributed by atoms with Crippen LogP contribution in [0.5, 0.6) is 5.75 Å². The highest BCUT2D eigenvalue weighted by Gasteiger charge is 2.21. The summed E-state index contributed by atoms with van der Waals surface area (Å²) in [5, 5.41) is 12.0.